The smallest absolute Gasteiger partial charge is 0.128 e. The van der Waals surface area contributed by atoms with E-state index in [-0.39, 0.29) is 18.2 Å². The summed E-state index contributed by atoms with van der Waals surface area (Å²) in [5.41, 5.74) is 1.99. The predicted molar refractivity (Wildman–Crippen MR) is 145 cm³/mol. The minimum Gasteiger partial charge on any atom is -0.307 e. The molecule has 0 spiro atoms. The van der Waals surface area contributed by atoms with Gasteiger partial charge in [-0.3, -0.25) is 0 Å². The van der Waals surface area contributed by atoms with Gasteiger partial charge in [0.25, 0.3) is 0 Å². The summed E-state index contributed by atoms with van der Waals surface area (Å²) in [7, 11) is -1.57. The highest BCUT2D eigenvalue weighted by Crippen LogP contribution is 2.24. The Morgan fingerprint density at radius 3 is 2.14 bits per heavy atom. The van der Waals surface area contributed by atoms with E-state index in [0.29, 0.717) is 46.7 Å². The number of nitrogens with zero attached hydrogens (tertiary/aromatic N) is 2. The molecule has 3 aromatic rings. The lowest BCUT2D eigenvalue weighted by Gasteiger charge is -2.21. The van der Waals surface area contributed by atoms with E-state index in [4.69, 9.17) is 23.2 Å². The summed E-state index contributed by atoms with van der Waals surface area (Å²) in [5, 5.41) is 6.88. The first-order valence-electron chi connectivity index (χ1n) is 11.4. The molecule has 1 N–H and O–H groups in total. The molecule has 0 aliphatic heterocycles. The van der Waals surface area contributed by atoms with Gasteiger partial charge in [-0.05, 0) is 71.3 Å². The summed E-state index contributed by atoms with van der Waals surface area (Å²) in [5.74, 6) is -0.653. The van der Waals surface area contributed by atoms with Crippen molar-refractivity contribution in [2.24, 2.45) is 5.18 Å². The van der Waals surface area contributed by atoms with Gasteiger partial charge < -0.3 is 5.32 Å². The van der Waals surface area contributed by atoms with Crippen molar-refractivity contribution in [1.82, 2.24) is 9.62 Å². The van der Waals surface area contributed by atoms with Crippen LogP contribution in [0.3, 0.4) is 0 Å². The van der Waals surface area contributed by atoms with Gasteiger partial charge in [0.1, 0.15) is 22.6 Å². The zero-order valence-electron chi connectivity index (χ0n) is 19.7. The number of nitrogens with one attached hydrogen (secondary N) is 1. The Labute approximate surface area is 227 Å². The van der Waals surface area contributed by atoms with Crippen molar-refractivity contribution >= 4 is 34.2 Å². The first-order valence-corrected chi connectivity index (χ1v) is 13.2. The van der Waals surface area contributed by atoms with E-state index in [1.54, 1.807) is 58.9 Å². The fourth-order valence-electron chi connectivity index (χ4n) is 3.35. The lowest BCUT2D eigenvalue weighted by atomic mass is 10.2. The standard InChI is InChI=1S/C27H25Cl2F2N3O2S/c28-22-14-23(29)16-27(15-22)37(36)34(19-21-7-11-25(31)12-8-21)13-3-1-2-4-26(33-35)18-32-17-20-5-9-24(30)10-6-20/h1-2,4-12,14-16,32H,3,13,17-19H2/b2-1-,26-4-. The van der Waals surface area contributed by atoms with Gasteiger partial charge in [0.2, 0.25) is 0 Å². The topological polar surface area (TPSA) is 61.8 Å². The monoisotopic (exact) mass is 563 g/mol. The van der Waals surface area contributed by atoms with Crippen molar-refractivity contribution in [3.8, 4) is 0 Å². The van der Waals surface area contributed by atoms with Crippen LogP contribution in [-0.2, 0) is 24.1 Å². The number of halogens is 4. The summed E-state index contributed by atoms with van der Waals surface area (Å²) in [6.45, 7) is 1.44. The third kappa shape index (κ3) is 9.91. The summed E-state index contributed by atoms with van der Waals surface area (Å²) in [6.07, 6.45) is 5.67. The maximum Gasteiger partial charge on any atom is 0.128 e. The Hall–Kier alpha value is -2.75. The van der Waals surface area contributed by atoms with Gasteiger partial charge in [0.15, 0.2) is 0 Å². The third-order valence-electron chi connectivity index (χ3n) is 5.18. The Kier molecular flexibility index (Phi) is 11.6. The molecule has 0 aliphatic carbocycles. The average Bonchev–Trinajstić information content (AvgIpc) is 2.88. The molecular formula is C27H25Cl2F2N3O2S. The molecule has 3 aromatic carbocycles. The highest BCUT2D eigenvalue weighted by molar-refractivity contribution is 7.82. The van der Waals surface area contributed by atoms with Crippen LogP contribution in [0, 0.1) is 16.5 Å². The molecule has 0 fully saturated rings. The van der Waals surface area contributed by atoms with Gasteiger partial charge >= 0.3 is 0 Å². The van der Waals surface area contributed by atoms with E-state index in [1.165, 1.54) is 24.3 Å². The highest BCUT2D eigenvalue weighted by atomic mass is 35.5. The van der Waals surface area contributed by atoms with Crippen LogP contribution in [0.2, 0.25) is 10.0 Å². The van der Waals surface area contributed by atoms with Gasteiger partial charge in [-0.25, -0.2) is 17.3 Å². The molecule has 1 atom stereocenters. The van der Waals surface area contributed by atoms with E-state index in [0.717, 1.165) is 11.1 Å². The van der Waals surface area contributed by atoms with E-state index < -0.39 is 11.0 Å². The molecule has 0 saturated carbocycles. The zero-order valence-corrected chi connectivity index (χ0v) is 22.1. The third-order valence-corrected chi connectivity index (χ3v) is 7.04. The van der Waals surface area contributed by atoms with Gasteiger partial charge in [-0.15, -0.1) is 4.91 Å². The lowest BCUT2D eigenvalue weighted by Crippen LogP contribution is -2.26. The number of benzene rings is 3. The SMILES string of the molecule is O=N/C(=C\C=C/CCN(Cc1ccc(F)cc1)S(=O)c1cc(Cl)cc(Cl)c1)CNCc1ccc(F)cc1. The van der Waals surface area contributed by atoms with Crippen LogP contribution < -0.4 is 5.32 Å². The van der Waals surface area contributed by atoms with Crippen molar-refractivity contribution in [3.63, 3.8) is 0 Å². The van der Waals surface area contributed by atoms with Gasteiger partial charge in [-0.2, -0.15) is 0 Å². The molecule has 0 heterocycles. The van der Waals surface area contributed by atoms with Crippen LogP contribution in [0.15, 0.2) is 101 Å². The molecule has 194 valence electrons. The van der Waals surface area contributed by atoms with E-state index >= 15 is 0 Å². The van der Waals surface area contributed by atoms with Gasteiger partial charge in [0.05, 0.1) is 10.6 Å². The fourth-order valence-corrected chi connectivity index (χ4v) is 5.29. The highest BCUT2D eigenvalue weighted by Gasteiger charge is 2.16. The molecular weight excluding hydrogens is 539 g/mol. The van der Waals surface area contributed by atoms with Crippen molar-refractivity contribution in [2.45, 2.75) is 24.4 Å². The summed E-state index contributed by atoms with van der Waals surface area (Å²) < 4.78 is 41.4. The molecule has 0 saturated heterocycles. The molecule has 10 heteroatoms. The molecule has 1 unspecified atom stereocenters. The van der Waals surface area contributed by atoms with Crippen LogP contribution in [-0.4, -0.2) is 21.6 Å². The second-order valence-corrected chi connectivity index (χ2v) is 10.4. The minimum absolute atomic E-state index is 0.251. The number of nitroso groups, excluding NO2 is 1. The molecule has 0 bridgehead atoms. The second-order valence-electron chi connectivity index (χ2n) is 8.04. The second kappa shape index (κ2) is 14.9. The summed E-state index contributed by atoms with van der Waals surface area (Å²) >= 11 is 12.2. The van der Waals surface area contributed by atoms with Crippen molar-refractivity contribution in [1.29, 1.82) is 0 Å². The number of allylic oxidation sites excluding steroid dienone is 2. The van der Waals surface area contributed by atoms with Crippen molar-refractivity contribution < 1.29 is 13.0 Å². The molecule has 0 aromatic heterocycles. The Morgan fingerprint density at radius 2 is 1.54 bits per heavy atom. The first kappa shape index (κ1) is 28.8. The van der Waals surface area contributed by atoms with Gasteiger partial charge in [-0.1, -0.05) is 59.6 Å². The Morgan fingerprint density at radius 1 is 0.946 bits per heavy atom. The van der Waals surface area contributed by atoms with Crippen molar-refractivity contribution in [3.05, 3.63) is 128 Å². The first-order chi connectivity index (χ1) is 17.8. The number of rotatable bonds is 13. The average molecular weight is 564 g/mol. The maximum atomic E-state index is 13.3. The number of hydrogen-bond donors (Lipinski definition) is 1. The molecule has 0 amide bonds. The summed E-state index contributed by atoms with van der Waals surface area (Å²) in [6, 6.07) is 16.8. The molecule has 0 aliphatic rings. The number of hydrogen-bond acceptors (Lipinski definition) is 4. The van der Waals surface area contributed by atoms with E-state index in [1.807, 2.05) is 6.08 Å². The van der Waals surface area contributed by atoms with Gasteiger partial charge in [0, 0.05) is 36.2 Å². The van der Waals surface area contributed by atoms with Crippen LogP contribution in [0.5, 0.6) is 0 Å². The van der Waals surface area contributed by atoms with E-state index in [2.05, 4.69) is 10.5 Å². The Balaban J connectivity index is 1.60. The van der Waals surface area contributed by atoms with E-state index in [9.17, 15) is 17.9 Å². The van der Waals surface area contributed by atoms with Crippen LogP contribution >= 0.6 is 23.2 Å². The molecule has 37 heavy (non-hydrogen) atoms. The quantitative estimate of drug-likeness (QED) is 0.177. The Bertz CT molecular complexity index is 1250. The predicted octanol–water partition coefficient (Wildman–Crippen LogP) is 7.18. The normalized spacial score (nSPS) is 12.8. The fraction of sp³-hybridized carbons (Fsp3) is 0.185. The minimum atomic E-state index is -1.57. The molecule has 0 radical (unpaired) electrons. The van der Waals surface area contributed by atoms with Crippen molar-refractivity contribution in [2.75, 3.05) is 13.1 Å². The largest absolute Gasteiger partial charge is 0.307 e. The molecule has 5 nitrogen and oxygen atoms in total. The lowest BCUT2D eigenvalue weighted by molar-refractivity contribution is 0.446. The summed E-state index contributed by atoms with van der Waals surface area (Å²) in [4.78, 5) is 11.6. The maximum absolute atomic E-state index is 13.3. The van der Waals surface area contributed by atoms with Crippen LogP contribution in [0.1, 0.15) is 17.5 Å². The van der Waals surface area contributed by atoms with Crippen LogP contribution in [0.25, 0.3) is 0 Å². The van der Waals surface area contributed by atoms with Crippen LogP contribution in [0.4, 0.5) is 8.78 Å². The zero-order chi connectivity index (χ0) is 26.6. The molecule has 3 rings (SSSR count).